The molecule has 1 N–H and O–H groups in total. The Kier molecular flexibility index (Phi) is 4.21. The third-order valence-corrected chi connectivity index (χ3v) is 3.88. The van der Waals surface area contributed by atoms with Crippen molar-refractivity contribution in [2.24, 2.45) is 5.41 Å². The first kappa shape index (κ1) is 15.4. The lowest BCUT2D eigenvalue weighted by molar-refractivity contribution is -0.131. The molecule has 21 heavy (non-hydrogen) atoms. The van der Waals surface area contributed by atoms with Crippen LogP contribution >= 0.6 is 0 Å². The van der Waals surface area contributed by atoms with Gasteiger partial charge in [0.05, 0.1) is 0 Å². The first-order chi connectivity index (χ1) is 9.79. The summed E-state index contributed by atoms with van der Waals surface area (Å²) in [5.74, 6) is -1.06. The standard InChI is InChI=1S/C16H22N2O3/c1-16(2,3)12-6-9-17(10-7-12)14(19)11-18-8-4-5-13(18)15(20)21/h4-6,8H,7,9-11H2,1-3H3,(H,20,21). The molecule has 0 fully saturated rings. The number of rotatable bonds is 3. The fourth-order valence-electron chi connectivity index (χ4n) is 2.57. The number of hydrogen-bond donors (Lipinski definition) is 1. The van der Waals surface area contributed by atoms with Crippen molar-refractivity contribution < 1.29 is 14.7 Å². The van der Waals surface area contributed by atoms with E-state index in [4.69, 9.17) is 5.11 Å². The summed E-state index contributed by atoms with van der Waals surface area (Å²) in [6, 6.07) is 3.15. The van der Waals surface area contributed by atoms with Crippen LogP contribution in [0.4, 0.5) is 0 Å². The minimum atomic E-state index is -1.01. The van der Waals surface area contributed by atoms with Gasteiger partial charge in [-0.15, -0.1) is 0 Å². The molecule has 1 aliphatic rings. The number of hydrogen-bond acceptors (Lipinski definition) is 2. The topological polar surface area (TPSA) is 62.5 Å². The number of amides is 1. The Bertz CT molecular complexity index is 579. The maximum absolute atomic E-state index is 12.3. The molecule has 0 spiro atoms. The van der Waals surface area contributed by atoms with E-state index in [1.165, 1.54) is 16.2 Å². The number of carboxylic acids is 1. The van der Waals surface area contributed by atoms with Gasteiger partial charge < -0.3 is 14.6 Å². The van der Waals surface area contributed by atoms with Gasteiger partial charge in [0.25, 0.3) is 0 Å². The Hall–Kier alpha value is -2.04. The summed E-state index contributed by atoms with van der Waals surface area (Å²) in [6.07, 6.45) is 4.63. The molecule has 0 aliphatic carbocycles. The molecule has 5 nitrogen and oxygen atoms in total. The number of nitrogens with zero attached hydrogens (tertiary/aromatic N) is 2. The Morgan fingerprint density at radius 2 is 2.05 bits per heavy atom. The zero-order valence-corrected chi connectivity index (χ0v) is 12.8. The molecule has 0 atom stereocenters. The van der Waals surface area contributed by atoms with Crippen LogP contribution in [0.3, 0.4) is 0 Å². The molecule has 0 bridgehead atoms. The van der Waals surface area contributed by atoms with Gasteiger partial charge in [0.15, 0.2) is 0 Å². The van der Waals surface area contributed by atoms with Gasteiger partial charge in [-0.25, -0.2) is 4.79 Å². The van der Waals surface area contributed by atoms with E-state index in [0.29, 0.717) is 13.1 Å². The van der Waals surface area contributed by atoms with E-state index in [0.717, 1.165) is 6.42 Å². The Morgan fingerprint density at radius 3 is 2.57 bits per heavy atom. The molecule has 1 aliphatic heterocycles. The van der Waals surface area contributed by atoms with Crippen molar-refractivity contribution in [3.05, 3.63) is 35.7 Å². The molecular formula is C16H22N2O3. The van der Waals surface area contributed by atoms with E-state index < -0.39 is 5.97 Å². The van der Waals surface area contributed by atoms with Crippen molar-refractivity contribution in [1.82, 2.24) is 9.47 Å². The van der Waals surface area contributed by atoms with E-state index in [-0.39, 0.29) is 23.6 Å². The van der Waals surface area contributed by atoms with Crippen LogP contribution in [-0.2, 0) is 11.3 Å². The highest BCUT2D eigenvalue weighted by Crippen LogP contribution is 2.30. The predicted molar refractivity (Wildman–Crippen MR) is 80.1 cm³/mol. The van der Waals surface area contributed by atoms with E-state index >= 15 is 0 Å². The summed E-state index contributed by atoms with van der Waals surface area (Å²) in [5, 5.41) is 9.05. The Labute approximate surface area is 124 Å². The van der Waals surface area contributed by atoms with Crippen LogP contribution in [0.5, 0.6) is 0 Å². The largest absolute Gasteiger partial charge is 0.477 e. The number of carbonyl (C=O) groups is 2. The summed E-state index contributed by atoms with van der Waals surface area (Å²) < 4.78 is 1.48. The van der Waals surface area contributed by atoms with Crippen LogP contribution in [-0.4, -0.2) is 39.5 Å². The smallest absolute Gasteiger partial charge is 0.352 e. The highest BCUT2D eigenvalue weighted by molar-refractivity contribution is 5.87. The molecule has 114 valence electrons. The zero-order valence-electron chi connectivity index (χ0n) is 12.8. The zero-order chi connectivity index (χ0) is 15.6. The highest BCUT2D eigenvalue weighted by Gasteiger charge is 2.24. The van der Waals surface area contributed by atoms with Crippen LogP contribution in [0.25, 0.3) is 0 Å². The maximum atomic E-state index is 12.3. The van der Waals surface area contributed by atoms with Crippen LogP contribution < -0.4 is 0 Å². The second-order valence-corrected chi connectivity index (χ2v) is 6.40. The molecule has 2 rings (SSSR count). The molecule has 1 amide bonds. The number of carbonyl (C=O) groups excluding carboxylic acids is 1. The third kappa shape index (κ3) is 3.54. The van der Waals surface area contributed by atoms with Gasteiger partial charge in [-0.1, -0.05) is 32.4 Å². The maximum Gasteiger partial charge on any atom is 0.352 e. The molecule has 1 aromatic rings. The monoisotopic (exact) mass is 290 g/mol. The van der Waals surface area contributed by atoms with Gasteiger partial charge >= 0.3 is 5.97 Å². The average molecular weight is 290 g/mol. The first-order valence-electron chi connectivity index (χ1n) is 7.15. The molecule has 0 unspecified atom stereocenters. The lowest BCUT2D eigenvalue weighted by Crippen LogP contribution is -2.38. The molecule has 0 aromatic carbocycles. The second kappa shape index (κ2) is 5.76. The molecular weight excluding hydrogens is 268 g/mol. The van der Waals surface area contributed by atoms with E-state index in [2.05, 4.69) is 26.8 Å². The fraction of sp³-hybridized carbons (Fsp3) is 0.500. The fourth-order valence-corrected chi connectivity index (χ4v) is 2.57. The molecule has 0 saturated carbocycles. The summed E-state index contributed by atoms with van der Waals surface area (Å²) in [7, 11) is 0. The molecule has 1 aromatic heterocycles. The highest BCUT2D eigenvalue weighted by atomic mass is 16.4. The Balaban J connectivity index is 2.01. The van der Waals surface area contributed by atoms with Gasteiger partial charge in [-0.3, -0.25) is 4.79 Å². The SMILES string of the molecule is CC(C)(C)C1=CCN(C(=O)Cn2cccc2C(=O)O)CC1. The van der Waals surface area contributed by atoms with Gasteiger partial charge in [0.2, 0.25) is 5.91 Å². The molecule has 5 heteroatoms. The van der Waals surface area contributed by atoms with Crippen molar-refractivity contribution in [3.8, 4) is 0 Å². The summed E-state index contributed by atoms with van der Waals surface area (Å²) in [4.78, 5) is 25.1. The number of aromatic carboxylic acids is 1. The average Bonchev–Trinajstić information content (AvgIpc) is 2.86. The van der Waals surface area contributed by atoms with Crippen LogP contribution in [0.2, 0.25) is 0 Å². The Morgan fingerprint density at radius 1 is 1.33 bits per heavy atom. The van der Waals surface area contributed by atoms with Crippen LogP contribution in [0.1, 0.15) is 37.7 Å². The van der Waals surface area contributed by atoms with Gasteiger partial charge in [0.1, 0.15) is 12.2 Å². The minimum Gasteiger partial charge on any atom is -0.477 e. The lowest BCUT2D eigenvalue weighted by atomic mass is 9.83. The van der Waals surface area contributed by atoms with Crippen LogP contribution in [0.15, 0.2) is 30.0 Å². The number of aromatic nitrogens is 1. The van der Waals surface area contributed by atoms with Crippen molar-refractivity contribution >= 4 is 11.9 Å². The van der Waals surface area contributed by atoms with Gasteiger partial charge in [-0.05, 0) is 24.0 Å². The summed E-state index contributed by atoms with van der Waals surface area (Å²) in [6.45, 7) is 7.91. The van der Waals surface area contributed by atoms with Crippen molar-refractivity contribution in [2.45, 2.75) is 33.7 Å². The summed E-state index contributed by atoms with van der Waals surface area (Å²) >= 11 is 0. The van der Waals surface area contributed by atoms with E-state index in [1.54, 1.807) is 17.2 Å². The van der Waals surface area contributed by atoms with E-state index in [9.17, 15) is 9.59 Å². The quantitative estimate of drug-likeness (QED) is 0.869. The first-order valence-corrected chi connectivity index (χ1v) is 7.15. The molecule has 2 heterocycles. The van der Waals surface area contributed by atoms with Crippen molar-refractivity contribution in [2.75, 3.05) is 13.1 Å². The predicted octanol–water partition coefficient (Wildman–Crippen LogP) is 2.39. The number of carboxylic acid groups (broad SMARTS) is 1. The van der Waals surface area contributed by atoms with E-state index in [1.807, 2.05) is 0 Å². The van der Waals surface area contributed by atoms with Crippen LogP contribution in [0, 0.1) is 5.41 Å². The van der Waals surface area contributed by atoms with Gasteiger partial charge in [-0.2, -0.15) is 0 Å². The molecule has 0 saturated heterocycles. The lowest BCUT2D eigenvalue weighted by Gasteiger charge is -2.32. The normalized spacial score (nSPS) is 15.8. The van der Waals surface area contributed by atoms with Crippen molar-refractivity contribution in [1.29, 1.82) is 0 Å². The van der Waals surface area contributed by atoms with Gasteiger partial charge in [0, 0.05) is 19.3 Å². The molecule has 0 radical (unpaired) electrons. The summed E-state index contributed by atoms with van der Waals surface area (Å²) in [5.41, 5.74) is 1.66. The minimum absolute atomic E-state index is 0.0436. The third-order valence-electron chi connectivity index (χ3n) is 3.88. The second-order valence-electron chi connectivity index (χ2n) is 6.40. The van der Waals surface area contributed by atoms with Crippen molar-refractivity contribution in [3.63, 3.8) is 0 Å².